The number of phenols is 1. The first-order chi connectivity index (χ1) is 12.5. The average Bonchev–Trinajstić information content (AvgIpc) is 2.68. The Bertz CT molecular complexity index is 891. The first-order valence-corrected chi connectivity index (χ1v) is 10.5. The molecule has 0 aliphatic heterocycles. The Balaban J connectivity index is 2.26. The minimum absolute atomic E-state index is 0.111. The molecule has 3 rings (SSSR count). The largest absolute Gasteiger partial charge is 0.506 e. The third-order valence-electron chi connectivity index (χ3n) is 3.72. The van der Waals surface area contributed by atoms with Crippen LogP contribution >= 0.6 is 31.9 Å². The van der Waals surface area contributed by atoms with Crippen LogP contribution in [0.15, 0.2) is 90.4 Å². The molecule has 132 valence electrons. The normalized spacial score (nSPS) is 10.8. The number of phenolic OH excluding ortho intramolecular Hbond substituents is 1. The standard InChI is InChI=1S/C20H14Br2O3S/c1-25-20(24)15-12-16(21)19(17(22)18(15)23)26(13-8-4-2-5-9-13)14-10-6-3-7-11-14/h2-12H,1H3/p+1. The van der Waals surface area contributed by atoms with Gasteiger partial charge in [0.25, 0.3) is 0 Å². The van der Waals surface area contributed by atoms with Crippen molar-refractivity contribution in [3.8, 4) is 5.75 Å². The maximum Gasteiger partial charge on any atom is 0.341 e. The molecule has 0 amide bonds. The Kier molecular flexibility index (Phi) is 6.06. The van der Waals surface area contributed by atoms with E-state index in [1.165, 1.54) is 7.11 Å². The number of ether oxygens (including phenoxy) is 1. The molecule has 0 bridgehead atoms. The minimum atomic E-state index is -0.588. The smallest absolute Gasteiger partial charge is 0.341 e. The third-order valence-corrected chi connectivity index (χ3v) is 7.96. The molecule has 0 spiro atoms. The predicted molar refractivity (Wildman–Crippen MR) is 110 cm³/mol. The van der Waals surface area contributed by atoms with Gasteiger partial charge in [-0.2, -0.15) is 0 Å². The molecule has 6 heteroatoms. The maximum atomic E-state index is 11.9. The summed E-state index contributed by atoms with van der Waals surface area (Å²) >= 11 is 7.08. The molecule has 3 nitrogen and oxygen atoms in total. The number of esters is 1. The second-order valence-electron chi connectivity index (χ2n) is 5.32. The summed E-state index contributed by atoms with van der Waals surface area (Å²) in [6, 6.07) is 21.7. The predicted octanol–water partition coefficient (Wildman–Crippen LogP) is 5.80. The number of aromatic hydroxyl groups is 1. The zero-order valence-electron chi connectivity index (χ0n) is 13.8. The second kappa shape index (κ2) is 8.29. The van der Waals surface area contributed by atoms with E-state index < -0.39 is 16.9 Å². The number of carbonyl (C=O) groups is 1. The molecular weight excluding hydrogens is 480 g/mol. The van der Waals surface area contributed by atoms with Gasteiger partial charge in [-0.1, -0.05) is 36.4 Å². The quantitative estimate of drug-likeness (QED) is 0.368. The van der Waals surface area contributed by atoms with Crippen LogP contribution in [0.2, 0.25) is 0 Å². The molecule has 0 saturated heterocycles. The van der Waals surface area contributed by atoms with E-state index in [1.807, 2.05) is 36.4 Å². The van der Waals surface area contributed by atoms with Crippen LogP contribution in [0.25, 0.3) is 0 Å². The lowest BCUT2D eigenvalue weighted by molar-refractivity contribution is 0.0597. The summed E-state index contributed by atoms with van der Waals surface area (Å²) in [6.45, 7) is 0. The lowest BCUT2D eigenvalue weighted by Gasteiger charge is -2.14. The molecule has 0 fully saturated rings. The van der Waals surface area contributed by atoms with Crippen molar-refractivity contribution in [3.05, 3.63) is 81.2 Å². The van der Waals surface area contributed by atoms with Gasteiger partial charge >= 0.3 is 5.97 Å². The van der Waals surface area contributed by atoms with Crippen molar-refractivity contribution in [1.82, 2.24) is 0 Å². The van der Waals surface area contributed by atoms with Crippen molar-refractivity contribution in [3.63, 3.8) is 0 Å². The maximum absolute atomic E-state index is 11.9. The Morgan fingerprint density at radius 2 is 1.46 bits per heavy atom. The second-order valence-corrected chi connectivity index (χ2v) is 8.93. The van der Waals surface area contributed by atoms with Crippen molar-refractivity contribution < 1.29 is 14.6 Å². The van der Waals surface area contributed by atoms with E-state index in [4.69, 9.17) is 4.74 Å². The third kappa shape index (κ3) is 3.68. The van der Waals surface area contributed by atoms with Crippen LogP contribution in [0.5, 0.6) is 5.75 Å². The summed E-state index contributed by atoms with van der Waals surface area (Å²) in [6.07, 6.45) is 0. The van der Waals surface area contributed by atoms with E-state index in [9.17, 15) is 9.90 Å². The van der Waals surface area contributed by atoms with Gasteiger partial charge in [0.15, 0.2) is 14.7 Å². The highest BCUT2D eigenvalue weighted by molar-refractivity contribution is 9.11. The van der Waals surface area contributed by atoms with Crippen LogP contribution in [0.1, 0.15) is 10.4 Å². The van der Waals surface area contributed by atoms with Gasteiger partial charge < -0.3 is 9.84 Å². The van der Waals surface area contributed by atoms with E-state index >= 15 is 0 Å². The van der Waals surface area contributed by atoms with Gasteiger partial charge in [-0.3, -0.25) is 0 Å². The number of benzene rings is 3. The van der Waals surface area contributed by atoms with Gasteiger partial charge in [-0.05, 0) is 62.2 Å². The van der Waals surface area contributed by atoms with Crippen LogP contribution in [0.3, 0.4) is 0 Å². The topological polar surface area (TPSA) is 46.5 Å². The van der Waals surface area contributed by atoms with Gasteiger partial charge in [-0.25, -0.2) is 4.79 Å². The summed E-state index contributed by atoms with van der Waals surface area (Å²) in [7, 11) is 0.810. The fourth-order valence-electron chi connectivity index (χ4n) is 2.53. The van der Waals surface area contributed by atoms with E-state index in [2.05, 4.69) is 56.1 Å². The lowest BCUT2D eigenvalue weighted by atomic mass is 10.2. The monoisotopic (exact) mass is 493 g/mol. The molecule has 0 aromatic heterocycles. The van der Waals surface area contributed by atoms with Gasteiger partial charge in [0.2, 0.25) is 0 Å². The molecule has 0 heterocycles. The Morgan fingerprint density at radius 1 is 0.962 bits per heavy atom. The molecule has 0 aliphatic rings. The Hall–Kier alpha value is -1.76. The highest BCUT2D eigenvalue weighted by atomic mass is 79.9. The minimum Gasteiger partial charge on any atom is -0.506 e. The molecule has 0 aliphatic carbocycles. The number of hydrogen-bond acceptors (Lipinski definition) is 3. The van der Waals surface area contributed by atoms with Crippen LogP contribution < -0.4 is 0 Å². The average molecular weight is 495 g/mol. The zero-order chi connectivity index (χ0) is 18.7. The summed E-state index contributed by atoms with van der Waals surface area (Å²) in [5.74, 6) is -0.714. The first kappa shape index (κ1) is 19.0. The fourth-order valence-corrected chi connectivity index (χ4v) is 6.75. The van der Waals surface area contributed by atoms with Gasteiger partial charge in [0.05, 0.1) is 11.6 Å². The number of rotatable bonds is 4. The summed E-state index contributed by atoms with van der Waals surface area (Å²) < 4.78 is 5.95. The van der Waals surface area contributed by atoms with Crippen molar-refractivity contribution in [2.75, 3.05) is 7.11 Å². The fraction of sp³-hybridized carbons (Fsp3) is 0.0500. The molecular formula is C20H15Br2O3S+. The van der Waals surface area contributed by atoms with Gasteiger partial charge in [0, 0.05) is 0 Å². The SMILES string of the molecule is COC(=O)c1cc(Br)c([S+](c2ccccc2)c2ccccc2)c(Br)c1O. The van der Waals surface area contributed by atoms with Crippen LogP contribution in [0, 0.1) is 0 Å². The molecule has 3 aromatic rings. The number of halogens is 2. The van der Waals surface area contributed by atoms with Crippen LogP contribution in [0.4, 0.5) is 0 Å². The summed E-state index contributed by atoms with van der Waals surface area (Å²) in [4.78, 5) is 15.0. The molecule has 1 N–H and O–H groups in total. The molecule has 0 radical (unpaired) electrons. The van der Waals surface area contributed by atoms with E-state index in [0.29, 0.717) is 4.47 Å². The number of methoxy groups -OCH3 is 1. The van der Waals surface area contributed by atoms with Gasteiger partial charge in [-0.15, -0.1) is 0 Å². The Morgan fingerprint density at radius 3 is 1.92 bits per heavy atom. The van der Waals surface area contributed by atoms with Crippen molar-refractivity contribution in [2.45, 2.75) is 14.7 Å². The Labute approximate surface area is 171 Å². The van der Waals surface area contributed by atoms with E-state index in [-0.39, 0.29) is 11.3 Å². The molecule has 0 atom stereocenters. The van der Waals surface area contributed by atoms with Crippen LogP contribution in [-0.2, 0) is 15.6 Å². The summed E-state index contributed by atoms with van der Waals surface area (Å²) in [5.41, 5.74) is 0.111. The first-order valence-electron chi connectivity index (χ1n) is 7.68. The highest BCUT2D eigenvalue weighted by Crippen LogP contribution is 2.45. The van der Waals surface area contributed by atoms with E-state index in [0.717, 1.165) is 19.2 Å². The molecule has 26 heavy (non-hydrogen) atoms. The summed E-state index contributed by atoms with van der Waals surface area (Å²) in [5, 5.41) is 10.6. The molecule has 0 saturated carbocycles. The number of carbonyl (C=O) groups excluding carboxylic acids is 1. The molecule has 3 aromatic carbocycles. The van der Waals surface area contributed by atoms with Crippen molar-refractivity contribution >= 4 is 48.7 Å². The lowest BCUT2D eigenvalue weighted by Crippen LogP contribution is -2.09. The van der Waals surface area contributed by atoms with E-state index in [1.54, 1.807) is 6.07 Å². The van der Waals surface area contributed by atoms with Crippen LogP contribution in [-0.4, -0.2) is 18.2 Å². The highest BCUT2D eigenvalue weighted by Gasteiger charge is 2.36. The van der Waals surface area contributed by atoms with Gasteiger partial charge in [0.1, 0.15) is 26.7 Å². The number of hydrogen-bond donors (Lipinski definition) is 1. The zero-order valence-corrected chi connectivity index (χ0v) is 17.8. The van der Waals surface area contributed by atoms with Crippen molar-refractivity contribution in [1.29, 1.82) is 0 Å². The molecule has 0 unspecified atom stereocenters. The van der Waals surface area contributed by atoms with Crippen molar-refractivity contribution in [2.24, 2.45) is 0 Å².